The van der Waals surface area contributed by atoms with Gasteiger partial charge in [0, 0.05) is 28.1 Å². The van der Waals surface area contributed by atoms with Crippen LogP contribution in [0, 0.1) is 11.8 Å². The highest BCUT2D eigenvalue weighted by atomic mass is 16.3. The highest BCUT2D eigenvalue weighted by Gasteiger charge is 2.32. The molecule has 4 aromatic rings. The van der Waals surface area contributed by atoms with Crippen LogP contribution in [0.3, 0.4) is 0 Å². The van der Waals surface area contributed by atoms with Crippen molar-refractivity contribution in [2.75, 3.05) is 0 Å². The van der Waals surface area contributed by atoms with Gasteiger partial charge in [0.1, 0.15) is 11.2 Å². The molecule has 1 heterocycles. The van der Waals surface area contributed by atoms with E-state index in [1.54, 1.807) is 24.3 Å². The lowest BCUT2D eigenvalue weighted by molar-refractivity contribution is 0.666. The molecular weight excluding hydrogens is 544 g/mol. The molecule has 1 nitrogen and oxygen atoms in total. The van der Waals surface area contributed by atoms with E-state index in [1.807, 2.05) is 0 Å². The largest absolute Gasteiger partial charge is 0.456 e. The van der Waals surface area contributed by atoms with E-state index in [1.165, 1.54) is 12.1 Å². The van der Waals surface area contributed by atoms with Gasteiger partial charge in [-0.25, -0.2) is 0 Å². The van der Waals surface area contributed by atoms with Crippen molar-refractivity contribution in [2.24, 2.45) is 11.8 Å². The number of allylic oxidation sites excluding steroid dienone is 15. The molecule has 0 radical (unpaired) electrons. The normalized spacial score (nSPS) is 29.4. The van der Waals surface area contributed by atoms with Gasteiger partial charge in [-0.3, -0.25) is 0 Å². The minimum atomic E-state index is -2.01. The third-order valence-electron chi connectivity index (χ3n) is 7.44. The van der Waals surface area contributed by atoms with Crippen molar-refractivity contribution in [2.45, 2.75) is 26.6 Å². The third kappa shape index (κ3) is 5.63. The van der Waals surface area contributed by atoms with Gasteiger partial charge in [-0.2, -0.15) is 0 Å². The summed E-state index contributed by atoms with van der Waals surface area (Å²) in [6.07, 6.45) is -2.08. The van der Waals surface area contributed by atoms with E-state index in [2.05, 4.69) is 0 Å². The van der Waals surface area contributed by atoms with Crippen LogP contribution < -0.4 is 10.4 Å². The quantitative estimate of drug-likeness (QED) is 0.164. The summed E-state index contributed by atoms with van der Waals surface area (Å²) in [5.74, 6) is -3.23. The molecule has 0 spiro atoms. The Morgan fingerprint density at radius 1 is 1.07 bits per heavy atom. The van der Waals surface area contributed by atoms with Crippen LogP contribution in [0.2, 0.25) is 0 Å². The van der Waals surface area contributed by atoms with E-state index in [0.29, 0.717) is 29.5 Å². The molecule has 2 aliphatic carbocycles. The van der Waals surface area contributed by atoms with Gasteiger partial charge in [-0.15, -0.1) is 0 Å². The first kappa shape index (κ1) is 13.9. The number of rotatable bonds is 10. The fourth-order valence-corrected chi connectivity index (χ4v) is 5.62. The van der Waals surface area contributed by atoms with Gasteiger partial charge in [-0.05, 0) is 88.6 Å². The zero-order valence-electron chi connectivity index (χ0n) is 45.0. The summed E-state index contributed by atoms with van der Waals surface area (Å²) in [4.78, 5) is 0. The van der Waals surface area contributed by atoms with Crippen LogP contribution in [0.15, 0.2) is 168 Å². The molecule has 4 unspecified atom stereocenters. The lowest BCUT2D eigenvalue weighted by Crippen LogP contribution is -2.40. The van der Waals surface area contributed by atoms with E-state index in [-0.39, 0.29) is 49.9 Å². The Labute approximate surface area is 296 Å². The first-order chi connectivity index (χ1) is 31.2. The van der Waals surface area contributed by atoms with Crippen LogP contribution in [0.1, 0.15) is 66.5 Å². The van der Waals surface area contributed by atoms with Crippen LogP contribution in [-0.4, -0.2) is 0 Å². The fourth-order valence-electron chi connectivity index (χ4n) is 5.62. The summed E-state index contributed by atoms with van der Waals surface area (Å²) in [7, 11) is 0. The van der Waals surface area contributed by atoms with Crippen LogP contribution in [0.4, 0.5) is 0 Å². The Kier molecular flexibility index (Phi) is 4.08. The number of benzene rings is 3. The second-order valence-electron chi connectivity index (χ2n) is 9.89. The van der Waals surface area contributed by atoms with Crippen LogP contribution >= 0.6 is 0 Å². The minimum absolute atomic E-state index is 0.0442. The summed E-state index contributed by atoms with van der Waals surface area (Å²) in [6.45, 7) is 0.759. The van der Waals surface area contributed by atoms with Crippen molar-refractivity contribution in [3.8, 4) is 0 Å². The topological polar surface area (TPSA) is 13.1 Å². The first-order valence-corrected chi connectivity index (χ1v) is 13.8. The molecule has 1 aromatic heterocycles. The maximum absolute atomic E-state index is 9.44. The Morgan fingerprint density at radius 2 is 1.96 bits per heavy atom. The lowest BCUT2D eigenvalue weighted by atomic mass is 9.69. The summed E-state index contributed by atoms with van der Waals surface area (Å²) >= 11 is 0. The van der Waals surface area contributed by atoms with E-state index in [4.69, 9.17) is 26.3 Å². The predicted molar refractivity (Wildman–Crippen MR) is 195 cm³/mol. The smallest absolute Gasteiger partial charge is 0.136 e. The van der Waals surface area contributed by atoms with Gasteiger partial charge in [0.05, 0.1) is 23.3 Å². The van der Waals surface area contributed by atoms with Gasteiger partial charge < -0.3 is 4.42 Å². The van der Waals surface area contributed by atoms with Crippen molar-refractivity contribution in [3.63, 3.8) is 0 Å². The molecule has 0 fully saturated rings. The molecule has 222 valence electrons. The van der Waals surface area contributed by atoms with Crippen LogP contribution in [0.25, 0.3) is 38.7 Å². The maximum atomic E-state index is 9.44. The summed E-state index contributed by atoms with van der Waals surface area (Å²) in [6, 6.07) is 0.798. The summed E-state index contributed by atoms with van der Waals surface area (Å²) in [5, 5.41) is 0.193. The van der Waals surface area contributed by atoms with Crippen molar-refractivity contribution in [1.29, 1.82) is 0 Å². The van der Waals surface area contributed by atoms with Crippen molar-refractivity contribution in [3.05, 3.63) is 186 Å². The second-order valence-corrected chi connectivity index (χ2v) is 9.89. The van der Waals surface area contributed by atoms with Crippen LogP contribution in [0.5, 0.6) is 0 Å². The Balaban J connectivity index is 1.84. The monoisotopic (exact) mass is 605 g/mol. The fraction of sp³-hybridized carbons (Fsp3) is 0.136. The standard InChI is InChI=1S/C44H40O/c1-6-18-31(8-3)21-11-10-20-30(5)42-34-22-12-14-24-36(34)43(37-25-15-13-23-35(37)42)33-28-39(32(9-4)19-7-2)44-38-26-16-17-27-40(38)45-41(44)29-33/h6-9,11-19,21-29,34,36H,2,4-5,10,20H2,1,3H3/b18-6-,21-11-,31-8+,32-19+/i1D,2D,3D,4D,5D,6D,8D,9D,10D,11D,12D,13D,14D,15D,18D,19D,20D,22D,23D,24D,25D/b7-2?,9-4?,18-6-,21-11-,30-5?,31-8+,32-19+. The molecule has 3 aromatic carbocycles. The number of hydrogen-bond donors (Lipinski definition) is 0. The maximum Gasteiger partial charge on any atom is 0.136 e. The molecular formula is C44H40O. The Bertz CT molecular complexity index is 3120. The minimum Gasteiger partial charge on any atom is -0.456 e. The van der Waals surface area contributed by atoms with Crippen molar-refractivity contribution in [1.82, 2.24) is 0 Å². The Morgan fingerprint density at radius 3 is 2.80 bits per heavy atom. The Hall–Kier alpha value is -5.14. The molecule has 0 saturated heterocycles. The van der Waals surface area contributed by atoms with E-state index in [0.717, 1.165) is 18.7 Å². The molecule has 2 aliphatic rings. The highest BCUT2D eigenvalue weighted by Crippen LogP contribution is 2.43. The number of fused-ring (bicyclic) bond motifs is 5. The SMILES string of the molecule is [2H]C=C/C([2H])=C(\C([2H])=C[2H])c1cc(C2=c3c([2H])c([2H])c([2H])c([2H])c3=C(C(=C[2H])C([2H])C([2H])\C([2H])=C/C(=C(\[2H])C[2H])C(/[2H])=C(/[2H])C[2H])C3C([2H])=C([2H])C([2H])=C([2H])C23)cc2oc3ccccc3c12. The van der Waals surface area contributed by atoms with E-state index in [9.17, 15) is 6.85 Å². The van der Waals surface area contributed by atoms with E-state index < -0.39 is 128 Å². The molecule has 0 amide bonds. The number of hydrogen-bond acceptors (Lipinski definition) is 1. The molecule has 45 heavy (non-hydrogen) atoms. The molecule has 0 bridgehead atoms. The van der Waals surface area contributed by atoms with Gasteiger partial charge in [0.2, 0.25) is 0 Å². The average Bonchev–Trinajstić information content (AvgIpc) is 3.70. The zero-order valence-corrected chi connectivity index (χ0v) is 24.0. The van der Waals surface area contributed by atoms with Gasteiger partial charge >= 0.3 is 0 Å². The molecule has 0 saturated carbocycles. The average molecular weight is 606 g/mol. The van der Waals surface area contributed by atoms with E-state index >= 15 is 0 Å². The van der Waals surface area contributed by atoms with Crippen molar-refractivity contribution >= 4 is 38.7 Å². The van der Waals surface area contributed by atoms with Gasteiger partial charge in [-0.1, -0.05) is 140 Å². The molecule has 0 aliphatic heterocycles. The number of furan rings is 1. The second kappa shape index (κ2) is 13.2. The van der Waals surface area contributed by atoms with Gasteiger partial charge in [0.15, 0.2) is 0 Å². The summed E-state index contributed by atoms with van der Waals surface area (Å²) < 4.78 is 188. The van der Waals surface area contributed by atoms with Gasteiger partial charge in [0.25, 0.3) is 0 Å². The predicted octanol–water partition coefficient (Wildman–Crippen LogP) is 10.5. The summed E-state index contributed by atoms with van der Waals surface area (Å²) in [5.41, 5.74) is -0.852. The highest BCUT2D eigenvalue weighted by molar-refractivity contribution is 6.12. The third-order valence-corrected chi connectivity index (χ3v) is 7.44. The van der Waals surface area contributed by atoms with Crippen LogP contribution in [-0.2, 0) is 0 Å². The molecule has 1 heteroatoms. The molecule has 0 N–H and O–H groups in total. The first-order valence-electron chi connectivity index (χ1n) is 25.1. The molecule has 4 atom stereocenters. The lowest BCUT2D eigenvalue weighted by Gasteiger charge is -2.34. The number of para-hydroxylation sites is 1. The van der Waals surface area contributed by atoms with Crippen molar-refractivity contribution < 1.29 is 33.2 Å². The molecule has 6 rings (SSSR count). The zero-order chi connectivity index (χ0) is 48.8.